The zero-order valence-corrected chi connectivity index (χ0v) is 19.8. The molecule has 4 nitrogen and oxygen atoms in total. The number of rotatable bonds is 6. The molecule has 182 valence electrons. The molecule has 2 aromatic carbocycles. The van der Waals surface area contributed by atoms with Crippen molar-refractivity contribution in [1.29, 1.82) is 0 Å². The van der Waals surface area contributed by atoms with Crippen molar-refractivity contribution in [2.45, 2.75) is 77.0 Å². The number of hydrogen-bond acceptors (Lipinski definition) is 4. The minimum absolute atomic E-state index is 0.205. The number of hydrogen-bond donors (Lipinski definition) is 1. The molecule has 1 aliphatic carbocycles. The van der Waals surface area contributed by atoms with Gasteiger partial charge in [0.25, 0.3) is 6.47 Å². The second-order valence-corrected chi connectivity index (χ2v) is 8.17. The molecule has 2 fully saturated rings. The van der Waals surface area contributed by atoms with Gasteiger partial charge in [-0.25, -0.2) is 8.78 Å². The highest BCUT2D eigenvalue weighted by molar-refractivity contribution is 5.37. The number of carbonyl (C=O) groups is 1. The quantitative estimate of drug-likeness (QED) is 0.525. The van der Waals surface area contributed by atoms with Crippen LogP contribution in [-0.4, -0.2) is 31.8 Å². The standard InChI is InChI=1S/C17H23F2NO.C8H8O2.C2H6/c18-13-4-5-16(17(19)11-13)12-2-1-3-15(10-12)20-14-6-8-21-9-7-14;9-7-10-6-8-4-2-1-3-5-8;1-2/h4-5,11-12,14-15,20H,1-3,6-10H2;1-5,7H,6H2;1-2H3. The van der Waals surface area contributed by atoms with Gasteiger partial charge < -0.3 is 14.8 Å². The van der Waals surface area contributed by atoms with E-state index in [1.54, 1.807) is 6.07 Å². The van der Waals surface area contributed by atoms with Crippen molar-refractivity contribution in [2.24, 2.45) is 0 Å². The molecule has 6 heteroatoms. The molecule has 0 spiro atoms. The lowest BCUT2D eigenvalue weighted by molar-refractivity contribution is -0.129. The first-order valence-electron chi connectivity index (χ1n) is 12.0. The first-order valence-corrected chi connectivity index (χ1v) is 12.0. The molecule has 1 saturated carbocycles. The summed E-state index contributed by atoms with van der Waals surface area (Å²) in [6.45, 7) is 6.48. The van der Waals surface area contributed by atoms with E-state index in [9.17, 15) is 13.6 Å². The van der Waals surface area contributed by atoms with Crippen LogP contribution < -0.4 is 5.32 Å². The topological polar surface area (TPSA) is 47.6 Å². The van der Waals surface area contributed by atoms with Gasteiger partial charge in [0.1, 0.15) is 18.2 Å². The summed E-state index contributed by atoms with van der Waals surface area (Å²) in [5.74, 6) is -0.688. The second-order valence-electron chi connectivity index (χ2n) is 8.17. The monoisotopic (exact) mass is 461 g/mol. The molecule has 0 aromatic heterocycles. The normalized spacial score (nSPS) is 20.5. The van der Waals surface area contributed by atoms with Gasteiger partial charge >= 0.3 is 0 Å². The zero-order chi connectivity index (χ0) is 23.9. The maximum Gasteiger partial charge on any atom is 0.293 e. The molecule has 0 amide bonds. The SMILES string of the molecule is CC.Fc1ccc(C2CCCC(NC3CCOCC3)C2)c(F)c1.O=COCc1ccccc1. The largest absolute Gasteiger partial charge is 0.463 e. The Kier molecular flexibility index (Phi) is 12.7. The van der Waals surface area contributed by atoms with Crippen LogP contribution in [-0.2, 0) is 20.9 Å². The number of benzene rings is 2. The lowest BCUT2D eigenvalue weighted by atomic mass is 9.80. The Morgan fingerprint density at radius 3 is 2.39 bits per heavy atom. The predicted octanol–water partition coefficient (Wildman–Crippen LogP) is 6.15. The lowest BCUT2D eigenvalue weighted by Gasteiger charge is -2.34. The second kappa shape index (κ2) is 15.5. The molecule has 33 heavy (non-hydrogen) atoms. The third-order valence-corrected chi connectivity index (χ3v) is 5.93. The maximum atomic E-state index is 13.9. The summed E-state index contributed by atoms with van der Waals surface area (Å²) in [5, 5.41) is 3.71. The van der Waals surface area contributed by atoms with Gasteiger partial charge in [0.15, 0.2) is 0 Å². The molecule has 4 rings (SSSR count). The fourth-order valence-corrected chi connectivity index (χ4v) is 4.36. The highest BCUT2D eigenvalue weighted by Gasteiger charge is 2.27. The Labute approximate surface area is 196 Å². The lowest BCUT2D eigenvalue weighted by Crippen LogP contribution is -2.43. The third-order valence-electron chi connectivity index (χ3n) is 5.93. The van der Waals surface area contributed by atoms with Crippen LogP contribution in [0.15, 0.2) is 48.5 Å². The van der Waals surface area contributed by atoms with Gasteiger partial charge in [-0.3, -0.25) is 4.79 Å². The summed E-state index contributed by atoms with van der Waals surface area (Å²) in [6, 6.07) is 14.5. The average molecular weight is 462 g/mol. The minimum Gasteiger partial charge on any atom is -0.463 e. The Balaban J connectivity index is 0.000000270. The molecule has 2 aromatic rings. The summed E-state index contributed by atoms with van der Waals surface area (Å²) in [7, 11) is 0. The molecule has 1 aliphatic heterocycles. The molecule has 1 saturated heterocycles. The number of carbonyl (C=O) groups excluding carboxylic acids is 1. The Morgan fingerprint density at radius 1 is 1.00 bits per heavy atom. The van der Waals surface area contributed by atoms with Crippen LogP contribution in [0, 0.1) is 11.6 Å². The van der Waals surface area contributed by atoms with Gasteiger partial charge in [-0.15, -0.1) is 0 Å². The van der Waals surface area contributed by atoms with Gasteiger partial charge in [-0.2, -0.15) is 0 Å². The van der Waals surface area contributed by atoms with E-state index in [0.29, 0.717) is 30.7 Å². The van der Waals surface area contributed by atoms with Gasteiger partial charge in [0.2, 0.25) is 0 Å². The molecular weight excluding hydrogens is 424 g/mol. The number of ether oxygens (including phenoxy) is 2. The fourth-order valence-electron chi connectivity index (χ4n) is 4.36. The molecule has 1 heterocycles. The fraction of sp³-hybridized carbons (Fsp3) is 0.519. The first kappa shape index (κ1) is 26.9. The van der Waals surface area contributed by atoms with Crippen molar-refractivity contribution in [3.8, 4) is 0 Å². The van der Waals surface area contributed by atoms with E-state index in [-0.39, 0.29) is 5.92 Å². The predicted molar refractivity (Wildman–Crippen MR) is 127 cm³/mol. The van der Waals surface area contributed by atoms with Crippen LogP contribution in [0.2, 0.25) is 0 Å². The van der Waals surface area contributed by atoms with Crippen LogP contribution in [0.4, 0.5) is 8.78 Å². The van der Waals surface area contributed by atoms with Crippen molar-refractivity contribution in [3.63, 3.8) is 0 Å². The van der Waals surface area contributed by atoms with Crippen molar-refractivity contribution in [2.75, 3.05) is 13.2 Å². The molecule has 2 unspecified atom stereocenters. The van der Waals surface area contributed by atoms with Crippen molar-refractivity contribution >= 4 is 6.47 Å². The molecule has 2 aliphatic rings. The van der Waals surface area contributed by atoms with Crippen LogP contribution in [0.3, 0.4) is 0 Å². The van der Waals surface area contributed by atoms with Crippen molar-refractivity contribution in [3.05, 3.63) is 71.3 Å². The van der Waals surface area contributed by atoms with E-state index in [1.165, 1.54) is 6.07 Å². The average Bonchev–Trinajstić information content (AvgIpc) is 2.86. The Hall–Kier alpha value is -2.31. The smallest absolute Gasteiger partial charge is 0.293 e. The summed E-state index contributed by atoms with van der Waals surface area (Å²) in [4.78, 5) is 9.76. The van der Waals surface area contributed by atoms with Crippen molar-refractivity contribution in [1.82, 2.24) is 5.32 Å². The van der Waals surface area contributed by atoms with E-state index in [1.807, 2.05) is 44.2 Å². The molecule has 0 bridgehead atoms. The van der Waals surface area contributed by atoms with E-state index in [0.717, 1.165) is 63.4 Å². The molecule has 0 radical (unpaired) electrons. The van der Waals surface area contributed by atoms with Crippen LogP contribution >= 0.6 is 0 Å². The highest BCUT2D eigenvalue weighted by atomic mass is 19.1. The summed E-state index contributed by atoms with van der Waals surface area (Å²) >= 11 is 0. The van der Waals surface area contributed by atoms with E-state index < -0.39 is 11.6 Å². The molecular formula is C27H37F2NO3. The van der Waals surface area contributed by atoms with Gasteiger partial charge in [0.05, 0.1) is 0 Å². The van der Waals surface area contributed by atoms with Gasteiger partial charge in [-0.1, -0.05) is 56.7 Å². The summed E-state index contributed by atoms with van der Waals surface area (Å²) in [6.07, 6.45) is 6.31. The van der Waals surface area contributed by atoms with Crippen molar-refractivity contribution < 1.29 is 23.0 Å². The summed E-state index contributed by atoms with van der Waals surface area (Å²) in [5.41, 5.74) is 1.68. The van der Waals surface area contributed by atoms with Crippen LogP contribution in [0.1, 0.15) is 69.4 Å². The number of nitrogens with one attached hydrogen (secondary N) is 1. The Morgan fingerprint density at radius 2 is 1.73 bits per heavy atom. The van der Waals surface area contributed by atoms with Gasteiger partial charge in [0, 0.05) is 31.4 Å². The molecule has 2 atom stereocenters. The van der Waals surface area contributed by atoms with E-state index >= 15 is 0 Å². The maximum absolute atomic E-state index is 13.9. The summed E-state index contributed by atoms with van der Waals surface area (Å²) < 4.78 is 36.9. The first-order chi connectivity index (χ1) is 16.2. The van der Waals surface area contributed by atoms with E-state index in [4.69, 9.17) is 4.74 Å². The van der Waals surface area contributed by atoms with Crippen LogP contribution in [0.5, 0.6) is 0 Å². The zero-order valence-electron chi connectivity index (χ0n) is 19.8. The Bertz CT molecular complexity index is 797. The number of halogens is 2. The van der Waals surface area contributed by atoms with Crippen LogP contribution in [0.25, 0.3) is 0 Å². The third kappa shape index (κ3) is 9.60. The molecule has 1 N–H and O–H groups in total. The minimum atomic E-state index is -0.496. The highest BCUT2D eigenvalue weighted by Crippen LogP contribution is 2.34. The van der Waals surface area contributed by atoms with Gasteiger partial charge in [-0.05, 0) is 55.2 Å². The van der Waals surface area contributed by atoms with E-state index in [2.05, 4.69) is 10.1 Å².